The molecule has 2 aromatic rings. The molecular weight excluding hydrogens is 161 g/mol. The fourth-order valence-electron chi connectivity index (χ4n) is 1.55. The zero-order chi connectivity index (χ0) is 8.55. The first-order chi connectivity index (χ1) is 5.79. The lowest BCUT2D eigenvalue weighted by atomic mass is 10.3. The van der Waals surface area contributed by atoms with Crippen LogP contribution < -0.4 is 0 Å². The molecule has 0 saturated carbocycles. The standard InChI is InChI=1S/C8H6N.2CH3.Al/c1-2-4-8-7(3-1)5-6-9-8;;;/h1-6H;2*1H3;/q-1;;;+1. The lowest BCUT2D eigenvalue weighted by Crippen LogP contribution is -2.13. The number of nitrogens with zero attached hydrogens (tertiary/aromatic N) is 1. The van der Waals surface area contributed by atoms with E-state index in [0.29, 0.717) is 0 Å². The Hall–Kier alpha value is -0.708. The van der Waals surface area contributed by atoms with E-state index in [-0.39, 0.29) is 0 Å². The van der Waals surface area contributed by atoms with Crippen LogP contribution in [0.1, 0.15) is 0 Å². The van der Waals surface area contributed by atoms with Crippen LogP contribution in [-0.4, -0.2) is 17.9 Å². The Kier molecular flexibility index (Phi) is 1.96. The van der Waals surface area contributed by atoms with Crippen LogP contribution >= 0.6 is 0 Å². The predicted octanol–water partition coefficient (Wildman–Crippen LogP) is 2.74. The first-order valence-corrected chi connectivity index (χ1v) is 7.17. The maximum absolute atomic E-state index is 2.43. The van der Waals surface area contributed by atoms with Gasteiger partial charge in [-0.15, -0.1) is 0 Å². The van der Waals surface area contributed by atoms with Crippen LogP contribution in [0.25, 0.3) is 10.9 Å². The number of fused-ring (bicyclic) bond motifs is 1. The third-order valence-electron chi connectivity index (χ3n) is 2.19. The molecule has 1 aromatic heterocycles. The van der Waals surface area contributed by atoms with E-state index >= 15 is 0 Å². The van der Waals surface area contributed by atoms with Crippen molar-refractivity contribution in [3.05, 3.63) is 36.5 Å². The molecule has 0 fully saturated rings. The lowest BCUT2D eigenvalue weighted by Gasteiger charge is -2.04. The van der Waals surface area contributed by atoms with E-state index in [1.54, 1.807) is 0 Å². The van der Waals surface area contributed by atoms with Gasteiger partial charge in [-0.2, -0.15) is 0 Å². The number of para-hydroxylation sites is 1. The summed E-state index contributed by atoms with van der Waals surface area (Å²) in [6.45, 7) is 0. The van der Waals surface area contributed by atoms with Crippen LogP contribution in [-0.2, 0) is 0 Å². The molecule has 1 aromatic carbocycles. The van der Waals surface area contributed by atoms with Gasteiger partial charge in [-0.05, 0) is 23.7 Å². The predicted molar refractivity (Wildman–Crippen MR) is 54.8 cm³/mol. The number of benzene rings is 1. The molecule has 0 aliphatic heterocycles. The molecule has 0 unspecified atom stereocenters. The molecule has 0 aliphatic rings. The van der Waals surface area contributed by atoms with E-state index in [1.165, 1.54) is 10.9 Å². The number of aromatic nitrogens is 1. The van der Waals surface area contributed by atoms with Gasteiger partial charge in [0.1, 0.15) is 0 Å². The summed E-state index contributed by atoms with van der Waals surface area (Å²) < 4.78 is 2.43. The molecule has 0 N–H and O–H groups in total. The van der Waals surface area contributed by atoms with Gasteiger partial charge in [-0.1, -0.05) is 29.8 Å². The molecule has 0 spiro atoms. The van der Waals surface area contributed by atoms with Crippen molar-refractivity contribution in [1.82, 2.24) is 3.55 Å². The molecule has 2 heteroatoms. The number of hydrogen-bond donors (Lipinski definition) is 0. The molecule has 0 aliphatic carbocycles. The SMILES string of the molecule is [CH3][Al]([CH3])[n]1ccc2ccccc21. The van der Waals surface area contributed by atoms with Crippen molar-refractivity contribution in [2.75, 3.05) is 0 Å². The largest absolute Gasteiger partial charge is 0.440 e. The zero-order valence-electron chi connectivity index (χ0n) is 7.49. The first kappa shape index (κ1) is 7.92. The van der Waals surface area contributed by atoms with Crippen LogP contribution in [0.3, 0.4) is 0 Å². The van der Waals surface area contributed by atoms with Crippen LogP contribution in [0, 0.1) is 0 Å². The van der Waals surface area contributed by atoms with Crippen LogP contribution in [0.15, 0.2) is 36.5 Å². The maximum atomic E-state index is 2.43. The fraction of sp³-hybridized carbons (Fsp3) is 0.200. The number of hydrogen-bond acceptors (Lipinski definition) is 0. The molecule has 1 nitrogen and oxygen atoms in total. The van der Waals surface area contributed by atoms with Gasteiger partial charge >= 0.3 is 14.4 Å². The van der Waals surface area contributed by atoms with E-state index in [1.807, 2.05) is 0 Å². The lowest BCUT2D eigenvalue weighted by molar-refractivity contribution is 1.25. The minimum atomic E-state index is -0.714. The first-order valence-electron chi connectivity index (χ1n) is 4.34. The van der Waals surface area contributed by atoms with Crippen molar-refractivity contribution < 1.29 is 0 Å². The minimum Gasteiger partial charge on any atom is -0.440 e. The van der Waals surface area contributed by atoms with Gasteiger partial charge in [-0.3, -0.25) is 0 Å². The fourth-order valence-corrected chi connectivity index (χ4v) is 2.78. The van der Waals surface area contributed by atoms with Gasteiger partial charge in [0, 0.05) is 5.52 Å². The molecule has 1 heterocycles. The average molecular weight is 173 g/mol. The average Bonchev–Trinajstić information content (AvgIpc) is 2.47. The molecule has 12 heavy (non-hydrogen) atoms. The number of rotatable bonds is 1. The Morgan fingerprint density at radius 3 is 2.58 bits per heavy atom. The quantitative estimate of drug-likeness (QED) is 0.584. The second-order valence-electron chi connectivity index (χ2n) is 3.38. The summed E-state index contributed by atoms with van der Waals surface area (Å²) in [5.41, 5.74) is 1.39. The van der Waals surface area contributed by atoms with Gasteiger partial charge in [0.05, 0.1) is 0 Å². The molecule has 0 atom stereocenters. The highest BCUT2D eigenvalue weighted by atomic mass is 27.2. The summed E-state index contributed by atoms with van der Waals surface area (Å²) >= 11 is -0.714. The highest BCUT2D eigenvalue weighted by molar-refractivity contribution is 6.55. The third-order valence-corrected chi connectivity index (χ3v) is 3.75. The van der Waals surface area contributed by atoms with Crippen LogP contribution in [0.4, 0.5) is 0 Å². The highest BCUT2D eigenvalue weighted by Gasteiger charge is 2.07. The van der Waals surface area contributed by atoms with Crippen LogP contribution in [0.5, 0.6) is 0 Å². The van der Waals surface area contributed by atoms with Crippen LogP contribution in [0.2, 0.25) is 11.6 Å². The highest BCUT2D eigenvalue weighted by Crippen LogP contribution is 2.15. The molecular formula is C10H12AlN. The molecule has 0 radical (unpaired) electrons. The summed E-state index contributed by atoms with van der Waals surface area (Å²) in [5, 5.41) is 1.36. The minimum absolute atomic E-state index is 0.714. The van der Waals surface area contributed by atoms with E-state index < -0.39 is 14.4 Å². The Balaban J connectivity index is 2.70. The summed E-state index contributed by atoms with van der Waals surface area (Å²) in [6.07, 6.45) is 2.21. The molecule has 0 amide bonds. The van der Waals surface area contributed by atoms with E-state index in [4.69, 9.17) is 0 Å². The second-order valence-corrected chi connectivity index (χ2v) is 6.12. The van der Waals surface area contributed by atoms with E-state index in [2.05, 4.69) is 51.7 Å². The normalized spacial score (nSPS) is 10.5. The maximum Gasteiger partial charge on any atom is 0.412 e. The van der Waals surface area contributed by atoms with Crippen molar-refractivity contribution in [2.45, 2.75) is 11.6 Å². The van der Waals surface area contributed by atoms with Crippen molar-refractivity contribution in [1.29, 1.82) is 0 Å². The molecule has 0 bridgehead atoms. The molecule has 60 valence electrons. The van der Waals surface area contributed by atoms with Crippen molar-refractivity contribution >= 4 is 25.3 Å². The summed E-state index contributed by atoms with van der Waals surface area (Å²) in [7, 11) is 0. The molecule has 0 saturated heterocycles. The summed E-state index contributed by atoms with van der Waals surface area (Å²) in [6, 6.07) is 10.8. The Morgan fingerprint density at radius 2 is 1.83 bits per heavy atom. The Labute approximate surface area is 77.2 Å². The second kappa shape index (κ2) is 2.97. The summed E-state index contributed by atoms with van der Waals surface area (Å²) in [4.78, 5) is 0. The van der Waals surface area contributed by atoms with Gasteiger partial charge < -0.3 is 3.55 Å². The third kappa shape index (κ3) is 1.18. The van der Waals surface area contributed by atoms with E-state index in [9.17, 15) is 0 Å². The van der Waals surface area contributed by atoms with Crippen molar-refractivity contribution in [2.24, 2.45) is 0 Å². The van der Waals surface area contributed by atoms with Gasteiger partial charge in [0.2, 0.25) is 0 Å². The smallest absolute Gasteiger partial charge is 0.412 e. The van der Waals surface area contributed by atoms with Gasteiger partial charge in [0.25, 0.3) is 0 Å². The van der Waals surface area contributed by atoms with Crippen molar-refractivity contribution in [3.8, 4) is 0 Å². The zero-order valence-corrected chi connectivity index (χ0v) is 8.64. The summed E-state index contributed by atoms with van der Waals surface area (Å²) in [5.74, 6) is 4.68. The van der Waals surface area contributed by atoms with E-state index in [0.717, 1.165) is 0 Å². The Morgan fingerprint density at radius 1 is 1.08 bits per heavy atom. The molecule has 2 rings (SSSR count). The monoisotopic (exact) mass is 173 g/mol. The van der Waals surface area contributed by atoms with Gasteiger partial charge in [-0.25, -0.2) is 0 Å². The van der Waals surface area contributed by atoms with Gasteiger partial charge in [0.15, 0.2) is 0 Å². The van der Waals surface area contributed by atoms with Crippen molar-refractivity contribution in [3.63, 3.8) is 0 Å². The topological polar surface area (TPSA) is 4.93 Å². The Bertz CT molecular complexity index is 389.